The molecule has 1 aliphatic rings. The van der Waals surface area contributed by atoms with Crippen LogP contribution in [0.4, 0.5) is 5.69 Å². The molecule has 1 saturated heterocycles. The van der Waals surface area contributed by atoms with Gasteiger partial charge in [0.15, 0.2) is 11.9 Å². The average Bonchev–Trinajstić information content (AvgIpc) is 3.22. The van der Waals surface area contributed by atoms with Crippen molar-refractivity contribution in [2.45, 2.75) is 33.9 Å². The van der Waals surface area contributed by atoms with E-state index in [1.165, 1.54) is 7.05 Å². The highest BCUT2D eigenvalue weighted by Gasteiger charge is 2.33. The Morgan fingerprint density at radius 3 is 1.83 bits per heavy atom. The maximum atomic E-state index is 6.76. The fraction of sp³-hybridized carbons (Fsp3) is 0.500. The molecule has 2 atom stereocenters. The van der Waals surface area contributed by atoms with Crippen molar-refractivity contribution in [3.05, 3.63) is 41.2 Å². The Hall–Kier alpha value is -1.41. The minimum Gasteiger partial charge on any atom is -0.333 e. The van der Waals surface area contributed by atoms with Gasteiger partial charge in [0.25, 0.3) is 0 Å². The van der Waals surface area contributed by atoms with E-state index < -0.39 is 0 Å². The molecule has 4 nitrogen and oxygen atoms in total. The van der Waals surface area contributed by atoms with E-state index in [-0.39, 0.29) is 7.65 Å². The van der Waals surface area contributed by atoms with Crippen LogP contribution < -0.4 is 5.73 Å². The van der Waals surface area contributed by atoms with Crippen LogP contribution in [0.1, 0.15) is 40.9 Å². The number of nitrogens with zero attached hydrogens (tertiary/aromatic N) is 2. The van der Waals surface area contributed by atoms with Crippen LogP contribution in [0, 0.1) is 6.57 Å². The maximum Gasteiger partial charge on any atom is 0.187 e. The highest BCUT2D eigenvalue weighted by Crippen LogP contribution is 2.35. The first-order valence-corrected chi connectivity index (χ1v) is 6.26. The summed E-state index contributed by atoms with van der Waals surface area (Å²) in [5, 5.41) is 1.77. The van der Waals surface area contributed by atoms with Crippen LogP contribution >= 0.6 is 0 Å². The Morgan fingerprint density at radius 1 is 1.17 bits per heavy atom. The van der Waals surface area contributed by atoms with Gasteiger partial charge in [-0.25, -0.2) is 4.85 Å². The van der Waals surface area contributed by atoms with Gasteiger partial charge in [-0.2, -0.15) is 5.06 Å². The topological polar surface area (TPSA) is 45.9 Å². The Morgan fingerprint density at radius 2 is 1.56 bits per heavy atom. The van der Waals surface area contributed by atoms with Crippen LogP contribution in [0.3, 0.4) is 0 Å². The van der Waals surface area contributed by atoms with Gasteiger partial charge in [0.2, 0.25) is 0 Å². The van der Waals surface area contributed by atoms with Gasteiger partial charge in [0.05, 0.1) is 6.57 Å². The average molecular weight is 253 g/mol. The van der Waals surface area contributed by atoms with Gasteiger partial charge in [-0.15, -0.1) is 0 Å². The molecule has 1 fully saturated rings. The summed E-state index contributed by atoms with van der Waals surface area (Å²) < 4.78 is 0. The van der Waals surface area contributed by atoms with Crippen molar-refractivity contribution in [2.24, 2.45) is 5.73 Å². The van der Waals surface area contributed by atoms with Gasteiger partial charge in [-0.3, -0.25) is 4.84 Å². The molecule has 4 heteroatoms. The first-order valence-electron chi connectivity index (χ1n) is 6.26. The second-order valence-electron chi connectivity index (χ2n) is 2.71. The van der Waals surface area contributed by atoms with Crippen LogP contribution in [0.15, 0.2) is 24.3 Å². The van der Waals surface area contributed by atoms with Crippen LogP contribution in [0.25, 0.3) is 4.85 Å². The molecule has 0 amide bonds. The Labute approximate surface area is 113 Å². The number of nitrogens with two attached hydrogens (primary N) is 1. The lowest BCUT2D eigenvalue weighted by Crippen LogP contribution is -1.86. The standard InChI is InChI=1S/C9H8N2O.2C2H6.CH5N.H2/c1-10-8-5-3-7(4-6-8)9-11(2)12-9;3*1-2;/h3-6,9H,2H3;2*1-2H3;2H2,1H3;1H. The normalized spacial score (nSPS) is 18.6. The highest BCUT2D eigenvalue weighted by atomic mass is 16.8. The van der Waals surface area contributed by atoms with Crippen LogP contribution in [-0.4, -0.2) is 19.2 Å². The molecule has 2 unspecified atom stereocenters. The fourth-order valence-corrected chi connectivity index (χ4v) is 1.11. The van der Waals surface area contributed by atoms with E-state index in [2.05, 4.69) is 10.6 Å². The molecule has 1 aromatic carbocycles. The van der Waals surface area contributed by atoms with Crippen molar-refractivity contribution in [1.29, 1.82) is 0 Å². The van der Waals surface area contributed by atoms with E-state index in [4.69, 9.17) is 11.4 Å². The summed E-state index contributed by atoms with van der Waals surface area (Å²) in [4.78, 5) is 8.44. The first-order chi connectivity index (χ1) is 8.81. The van der Waals surface area contributed by atoms with Crippen molar-refractivity contribution in [2.75, 3.05) is 14.1 Å². The van der Waals surface area contributed by atoms with Gasteiger partial charge < -0.3 is 5.73 Å². The smallest absolute Gasteiger partial charge is 0.187 e. The zero-order valence-electron chi connectivity index (χ0n) is 12.3. The lowest BCUT2D eigenvalue weighted by Gasteiger charge is -1.93. The molecule has 104 valence electrons. The van der Waals surface area contributed by atoms with Crippen LogP contribution in [0.5, 0.6) is 0 Å². The quantitative estimate of drug-likeness (QED) is 0.608. The molecule has 2 rings (SSSR count). The minimum absolute atomic E-state index is 0. The molecule has 0 radical (unpaired) electrons. The van der Waals surface area contributed by atoms with Gasteiger partial charge in [-0.05, 0) is 12.6 Å². The SMILES string of the molecule is CC.CC.CN.[C-]#[N+]c1ccc(C2ON2C)cc1.[HH]. The second-order valence-corrected chi connectivity index (χ2v) is 2.71. The van der Waals surface area contributed by atoms with Crippen molar-refractivity contribution >= 4 is 5.69 Å². The predicted molar refractivity (Wildman–Crippen MR) is 79.2 cm³/mol. The molecular weight excluding hydrogens is 226 g/mol. The summed E-state index contributed by atoms with van der Waals surface area (Å²) in [5.74, 6) is 0. The summed E-state index contributed by atoms with van der Waals surface area (Å²) in [5.41, 5.74) is 6.27. The lowest BCUT2D eigenvalue weighted by molar-refractivity contribution is 0.233. The second kappa shape index (κ2) is 12.1. The fourth-order valence-electron chi connectivity index (χ4n) is 1.11. The molecule has 0 aromatic heterocycles. The maximum absolute atomic E-state index is 6.76. The number of hydrogen-bond donors (Lipinski definition) is 1. The molecule has 1 aliphatic heterocycles. The largest absolute Gasteiger partial charge is 0.333 e. The number of rotatable bonds is 1. The molecule has 2 N–H and O–H groups in total. The van der Waals surface area contributed by atoms with Crippen molar-refractivity contribution in [1.82, 2.24) is 5.06 Å². The molecule has 1 aromatic rings. The van der Waals surface area contributed by atoms with Crippen molar-refractivity contribution in [3.8, 4) is 0 Å². The molecule has 1 heterocycles. The summed E-state index contributed by atoms with van der Waals surface area (Å²) in [6.07, 6.45) is 0.102. The number of hydroxylamine groups is 2. The Balaban J connectivity index is -0.000000325. The third-order valence-electron chi connectivity index (χ3n) is 1.86. The van der Waals surface area contributed by atoms with E-state index >= 15 is 0 Å². The molecule has 0 spiro atoms. The minimum atomic E-state index is 0. The summed E-state index contributed by atoms with van der Waals surface area (Å²) in [6.45, 7) is 14.8. The van der Waals surface area contributed by atoms with E-state index in [9.17, 15) is 0 Å². The van der Waals surface area contributed by atoms with Crippen LogP contribution in [-0.2, 0) is 4.84 Å². The third-order valence-corrected chi connectivity index (χ3v) is 1.86. The molecular formula is C14H27N3O. The Bertz CT molecular complexity index is 336. The summed E-state index contributed by atoms with van der Waals surface area (Å²) >= 11 is 0. The van der Waals surface area contributed by atoms with Crippen molar-refractivity contribution < 1.29 is 6.26 Å². The number of hydrogen-bond acceptors (Lipinski definition) is 3. The first kappa shape index (κ1) is 18.9. The molecule has 0 aliphatic carbocycles. The van der Waals surface area contributed by atoms with Crippen LogP contribution in [0.2, 0.25) is 0 Å². The van der Waals surface area contributed by atoms with Gasteiger partial charge in [0, 0.05) is 8.47 Å². The highest BCUT2D eigenvalue weighted by molar-refractivity contribution is 5.45. The van der Waals surface area contributed by atoms with E-state index in [1.54, 1.807) is 17.2 Å². The Kier molecular flexibility index (Phi) is 12.7. The van der Waals surface area contributed by atoms with E-state index in [1.807, 2.05) is 46.9 Å². The van der Waals surface area contributed by atoms with Gasteiger partial charge >= 0.3 is 0 Å². The molecule has 18 heavy (non-hydrogen) atoms. The zero-order chi connectivity index (χ0) is 14.6. The van der Waals surface area contributed by atoms with Gasteiger partial charge in [0.1, 0.15) is 0 Å². The monoisotopic (exact) mass is 253 g/mol. The van der Waals surface area contributed by atoms with Gasteiger partial charge in [-0.1, -0.05) is 52.0 Å². The molecule has 0 bridgehead atoms. The predicted octanol–water partition coefficient (Wildman–Crippen LogP) is 3.99. The van der Waals surface area contributed by atoms with E-state index in [0.717, 1.165) is 5.56 Å². The van der Waals surface area contributed by atoms with E-state index in [0.29, 0.717) is 5.69 Å². The summed E-state index contributed by atoms with van der Waals surface area (Å²) in [6, 6.07) is 7.44. The third kappa shape index (κ3) is 6.36. The van der Waals surface area contributed by atoms with Crippen molar-refractivity contribution in [3.63, 3.8) is 0 Å². The summed E-state index contributed by atoms with van der Waals surface area (Å²) in [7, 11) is 3.38. The lowest BCUT2D eigenvalue weighted by atomic mass is 10.2. The molecule has 0 saturated carbocycles. The zero-order valence-corrected chi connectivity index (χ0v) is 12.3. The number of benzene rings is 1.